The van der Waals surface area contributed by atoms with Gasteiger partial charge in [0.25, 0.3) is 5.91 Å². The largest absolute Gasteiger partial charge is 0.493 e. The summed E-state index contributed by atoms with van der Waals surface area (Å²) in [6.07, 6.45) is 0. The lowest BCUT2D eigenvalue weighted by Gasteiger charge is -2.40. The predicted octanol–water partition coefficient (Wildman–Crippen LogP) is 5.32. The first kappa shape index (κ1) is 22.9. The summed E-state index contributed by atoms with van der Waals surface area (Å²) in [6.45, 7) is 1.94. The van der Waals surface area contributed by atoms with Gasteiger partial charge in [-0.1, -0.05) is 40.2 Å². The number of hydrogen-bond acceptors (Lipinski definition) is 4. The maximum atomic E-state index is 13.8. The molecule has 2 unspecified atom stereocenters. The molecule has 0 spiro atoms. The first-order valence-electron chi connectivity index (χ1n) is 10.5. The maximum absolute atomic E-state index is 13.8. The number of nitrogens with zero attached hydrogens (tertiary/aromatic N) is 1. The lowest BCUT2D eigenvalue weighted by atomic mass is 9.79. The Morgan fingerprint density at radius 2 is 1.73 bits per heavy atom. The molecule has 1 aliphatic rings. The van der Waals surface area contributed by atoms with Crippen LogP contribution in [0, 0.1) is 6.92 Å². The minimum atomic E-state index is -0.620. The van der Waals surface area contributed by atoms with E-state index in [1.165, 1.54) is 0 Å². The van der Waals surface area contributed by atoms with Gasteiger partial charge in [0.1, 0.15) is 0 Å². The van der Waals surface area contributed by atoms with E-state index in [-0.39, 0.29) is 11.8 Å². The monoisotopic (exact) mass is 508 g/mol. The highest BCUT2D eigenvalue weighted by Gasteiger charge is 2.43. The van der Waals surface area contributed by atoms with E-state index >= 15 is 0 Å². The molecule has 1 heterocycles. The molecule has 6 nitrogen and oxygen atoms in total. The van der Waals surface area contributed by atoms with Crippen LogP contribution in [0.5, 0.6) is 11.5 Å². The summed E-state index contributed by atoms with van der Waals surface area (Å²) in [7, 11) is 4.86. The van der Waals surface area contributed by atoms with E-state index in [0.29, 0.717) is 22.6 Å². The third-order valence-corrected chi connectivity index (χ3v) is 6.55. The van der Waals surface area contributed by atoms with Gasteiger partial charge in [0.2, 0.25) is 5.91 Å². The zero-order chi connectivity index (χ0) is 23.7. The number of nitrogens with one attached hydrogen (secondary N) is 1. The summed E-state index contributed by atoms with van der Waals surface area (Å²) in [5.41, 5.74) is 3.68. The van der Waals surface area contributed by atoms with Crippen LogP contribution in [0.1, 0.15) is 39.0 Å². The normalized spacial score (nSPS) is 17.4. The lowest BCUT2D eigenvalue weighted by Crippen LogP contribution is -2.44. The lowest BCUT2D eigenvalue weighted by molar-refractivity contribution is -0.119. The molecule has 2 atom stereocenters. The Morgan fingerprint density at radius 3 is 2.42 bits per heavy atom. The second kappa shape index (κ2) is 9.27. The topological polar surface area (TPSA) is 67.9 Å². The fourth-order valence-corrected chi connectivity index (χ4v) is 4.86. The SMILES string of the molecule is COc1ccc(C2C(C(=O)Nc3ccc(Br)cc3C)c3ccccc3C(=O)N2C)cc1OC. The summed E-state index contributed by atoms with van der Waals surface area (Å²) in [6, 6.07) is 18.0. The van der Waals surface area contributed by atoms with Crippen LogP contribution >= 0.6 is 15.9 Å². The van der Waals surface area contributed by atoms with Crippen LogP contribution in [0.25, 0.3) is 0 Å². The third-order valence-electron chi connectivity index (χ3n) is 6.06. The van der Waals surface area contributed by atoms with Crippen LogP contribution in [-0.2, 0) is 4.79 Å². The highest BCUT2D eigenvalue weighted by Crippen LogP contribution is 2.44. The number of benzene rings is 3. The van der Waals surface area contributed by atoms with E-state index in [1.807, 2.05) is 55.5 Å². The van der Waals surface area contributed by atoms with Crippen molar-refractivity contribution in [2.24, 2.45) is 0 Å². The van der Waals surface area contributed by atoms with Crippen LogP contribution in [0.3, 0.4) is 0 Å². The molecular formula is C26H25BrN2O4. The van der Waals surface area contributed by atoms with Crippen molar-refractivity contribution in [3.05, 3.63) is 87.4 Å². The molecule has 33 heavy (non-hydrogen) atoms. The van der Waals surface area contributed by atoms with Gasteiger partial charge < -0.3 is 19.7 Å². The van der Waals surface area contributed by atoms with Crippen LogP contribution in [0.2, 0.25) is 0 Å². The van der Waals surface area contributed by atoms with Crippen molar-refractivity contribution in [1.29, 1.82) is 0 Å². The molecule has 0 bridgehead atoms. The first-order chi connectivity index (χ1) is 15.8. The molecule has 2 amide bonds. The highest BCUT2D eigenvalue weighted by atomic mass is 79.9. The summed E-state index contributed by atoms with van der Waals surface area (Å²) in [4.78, 5) is 28.6. The van der Waals surface area contributed by atoms with Crippen molar-refractivity contribution in [3.63, 3.8) is 0 Å². The fourth-order valence-electron chi connectivity index (χ4n) is 4.39. The van der Waals surface area contributed by atoms with Gasteiger partial charge in [-0.25, -0.2) is 0 Å². The zero-order valence-electron chi connectivity index (χ0n) is 18.9. The Hall–Kier alpha value is -3.32. The van der Waals surface area contributed by atoms with Crippen LogP contribution in [0.15, 0.2) is 65.1 Å². The highest BCUT2D eigenvalue weighted by molar-refractivity contribution is 9.10. The molecule has 4 rings (SSSR count). The van der Waals surface area contributed by atoms with Crippen molar-refractivity contribution >= 4 is 33.4 Å². The maximum Gasteiger partial charge on any atom is 0.254 e. The molecule has 3 aromatic rings. The number of anilines is 1. The van der Waals surface area contributed by atoms with E-state index in [2.05, 4.69) is 21.2 Å². The van der Waals surface area contributed by atoms with Gasteiger partial charge >= 0.3 is 0 Å². The summed E-state index contributed by atoms with van der Waals surface area (Å²) >= 11 is 3.46. The quantitative estimate of drug-likeness (QED) is 0.506. The molecule has 3 aromatic carbocycles. The second-order valence-electron chi connectivity index (χ2n) is 7.99. The summed E-state index contributed by atoms with van der Waals surface area (Å²) in [5, 5.41) is 3.08. The van der Waals surface area contributed by atoms with Gasteiger partial charge in [0.05, 0.1) is 26.2 Å². The number of rotatable bonds is 5. The summed E-state index contributed by atoms with van der Waals surface area (Å²) < 4.78 is 11.8. The fraction of sp³-hybridized carbons (Fsp3) is 0.231. The Bertz CT molecular complexity index is 1230. The van der Waals surface area contributed by atoms with Gasteiger partial charge in [-0.3, -0.25) is 9.59 Å². The van der Waals surface area contributed by atoms with Gasteiger partial charge in [-0.05, 0) is 60.0 Å². The van der Waals surface area contributed by atoms with E-state index < -0.39 is 12.0 Å². The molecule has 0 fully saturated rings. The van der Waals surface area contributed by atoms with Crippen molar-refractivity contribution in [2.75, 3.05) is 26.6 Å². The average molecular weight is 509 g/mol. The van der Waals surface area contributed by atoms with Crippen LogP contribution in [0.4, 0.5) is 5.69 Å². The predicted molar refractivity (Wildman–Crippen MR) is 131 cm³/mol. The molecule has 170 valence electrons. The number of fused-ring (bicyclic) bond motifs is 1. The number of methoxy groups -OCH3 is 2. The average Bonchev–Trinajstić information content (AvgIpc) is 2.82. The molecular weight excluding hydrogens is 484 g/mol. The molecule has 0 aromatic heterocycles. The molecule has 1 N–H and O–H groups in total. The van der Waals surface area contributed by atoms with Crippen LogP contribution < -0.4 is 14.8 Å². The zero-order valence-corrected chi connectivity index (χ0v) is 20.5. The Kier molecular flexibility index (Phi) is 6.42. The first-order valence-corrected chi connectivity index (χ1v) is 11.3. The molecule has 7 heteroatoms. The minimum absolute atomic E-state index is 0.130. The number of ether oxygens (including phenoxy) is 2. The van der Waals surface area contributed by atoms with E-state index in [4.69, 9.17) is 9.47 Å². The van der Waals surface area contributed by atoms with Crippen molar-refractivity contribution < 1.29 is 19.1 Å². The molecule has 0 radical (unpaired) electrons. The van der Waals surface area contributed by atoms with Crippen molar-refractivity contribution in [1.82, 2.24) is 4.90 Å². The van der Waals surface area contributed by atoms with Crippen LogP contribution in [-0.4, -0.2) is 38.0 Å². The number of hydrogen-bond donors (Lipinski definition) is 1. The van der Waals surface area contributed by atoms with Crippen molar-refractivity contribution in [3.8, 4) is 11.5 Å². The Morgan fingerprint density at radius 1 is 1.00 bits per heavy atom. The van der Waals surface area contributed by atoms with Gasteiger partial charge in [0.15, 0.2) is 11.5 Å². The number of likely N-dealkylation sites (N-methyl/N-ethyl adjacent to an activating group) is 1. The van der Waals surface area contributed by atoms with E-state index in [0.717, 1.165) is 21.3 Å². The standard InChI is InChI=1S/C26H25BrN2O4/c1-15-13-17(27)10-11-20(15)28-25(30)23-18-7-5-6-8-19(18)26(31)29(2)24(23)16-9-12-21(32-3)22(14-16)33-4/h5-14,23-24H,1-4H3,(H,28,30). The molecule has 0 saturated carbocycles. The smallest absolute Gasteiger partial charge is 0.254 e. The third kappa shape index (κ3) is 4.20. The molecule has 1 aliphatic heterocycles. The Balaban J connectivity index is 1.83. The molecule has 0 saturated heterocycles. The van der Waals surface area contributed by atoms with Gasteiger partial charge in [-0.15, -0.1) is 0 Å². The number of carbonyl (C=O) groups excluding carboxylic acids is 2. The second-order valence-corrected chi connectivity index (χ2v) is 8.90. The van der Waals surface area contributed by atoms with E-state index in [1.54, 1.807) is 38.3 Å². The number of carbonyl (C=O) groups is 2. The minimum Gasteiger partial charge on any atom is -0.493 e. The molecule has 0 aliphatic carbocycles. The number of aryl methyl sites for hydroxylation is 1. The number of amides is 2. The summed E-state index contributed by atoms with van der Waals surface area (Å²) in [5.74, 6) is 0.182. The van der Waals surface area contributed by atoms with Crippen molar-refractivity contribution in [2.45, 2.75) is 18.9 Å². The Labute approximate surface area is 201 Å². The van der Waals surface area contributed by atoms with E-state index in [9.17, 15) is 9.59 Å². The van der Waals surface area contributed by atoms with Gasteiger partial charge in [-0.2, -0.15) is 0 Å². The number of halogens is 1. The van der Waals surface area contributed by atoms with Gasteiger partial charge in [0, 0.05) is 22.8 Å².